The smallest absolute Gasteiger partial charge is 0.215 e. The summed E-state index contributed by atoms with van der Waals surface area (Å²) < 4.78 is 26.5. The SMILES string of the molecule is C[C@@H](O)CC(C)(C)CNS(=O)(=O)Cc1ccccc1. The lowest BCUT2D eigenvalue weighted by molar-refractivity contribution is 0.131. The standard InChI is InChI=1S/C14H23NO3S/c1-12(16)9-14(2,3)11-15-19(17,18)10-13-7-5-4-6-8-13/h4-8,12,15-16H,9-11H2,1-3H3/t12-/m1/s1. The van der Waals surface area contributed by atoms with Crippen LogP contribution in [0.3, 0.4) is 0 Å². The molecule has 1 aromatic rings. The van der Waals surface area contributed by atoms with Crippen molar-refractivity contribution in [1.82, 2.24) is 4.72 Å². The lowest BCUT2D eigenvalue weighted by Gasteiger charge is -2.26. The second kappa shape index (κ2) is 6.50. The average molecular weight is 285 g/mol. The van der Waals surface area contributed by atoms with E-state index in [2.05, 4.69) is 4.72 Å². The summed E-state index contributed by atoms with van der Waals surface area (Å²) in [5, 5.41) is 9.38. The first kappa shape index (κ1) is 16.1. The monoisotopic (exact) mass is 285 g/mol. The predicted molar refractivity (Wildman–Crippen MR) is 77.1 cm³/mol. The first-order valence-electron chi connectivity index (χ1n) is 6.39. The van der Waals surface area contributed by atoms with Crippen molar-refractivity contribution in [3.63, 3.8) is 0 Å². The number of aliphatic hydroxyl groups excluding tert-OH is 1. The van der Waals surface area contributed by atoms with Gasteiger partial charge in [0.2, 0.25) is 10.0 Å². The molecule has 5 heteroatoms. The largest absolute Gasteiger partial charge is 0.393 e. The van der Waals surface area contributed by atoms with Crippen molar-refractivity contribution in [3.8, 4) is 0 Å². The predicted octanol–water partition coefficient (Wildman–Crippen LogP) is 1.90. The van der Waals surface area contributed by atoms with E-state index in [1.165, 1.54) is 0 Å². The Kier molecular flexibility index (Phi) is 5.52. The molecular weight excluding hydrogens is 262 g/mol. The molecule has 0 aromatic heterocycles. The maximum atomic E-state index is 12.0. The summed E-state index contributed by atoms with van der Waals surface area (Å²) in [5.41, 5.74) is 0.501. The second-order valence-electron chi connectivity index (χ2n) is 5.78. The molecule has 0 amide bonds. The highest BCUT2D eigenvalue weighted by Gasteiger charge is 2.23. The van der Waals surface area contributed by atoms with Crippen molar-refractivity contribution in [2.24, 2.45) is 5.41 Å². The van der Waals surface area contributed by atoms with Gasteiger partial charge in [0.05, 0.1) is 11.9 Å². The van der Waals surface area contributed by atoms with Crippen molar-refractivity contribution < 1.29 is 13.5 Å². The van der Waals surface area contributed by atoms with Gasteiger partial charge in [0.25, 0.3) is 0 Å². The molecular formula is C14H23NO3S. The number of rotatable bonds is 7. The van der Waals surface area contributed by atoms with E-state index in [9.17, 15) is 13.5 Å². The molecule has 0 bridgehead atoms. The van der Waals surface area contributed by atoms with E-state index in [0.717, 1.165) is 5.56 Å². The van der Waals surface area contributed by atoms with Crippen molar-refractivity contribution in [1.29, 1.82) is 0 Å². The fourth-order valence-electron chi connectivity index (χ4n) is 2.02. The Morgan fingerprint density at radius 2 is 1.84 bits per heavy atom. The summed E-state index contributed by atoms with van der Waals surface area (Å²) in [6.45, 7) is 5.91. The fourth-order valence-corrected chi connectivity index (χ4v) is 3.37. The van der Waals surface area contributed by atoms with Crippen molar-refractivity contribution >= 4 is 10.0 Å². The molecule has 2 N–H and O–H groups in total. The Morgan fingerprint density at radius 1 is 1.26 bits per heavy atom. The maximum absolute atomic E-state index is 12.0. The minimum absolute atomic E-state index is 0.0153. The molecule has 0 saturated carbocycles. The number of sulfonamides is 1. The van der Waals surface area contributed by atoms with Gasteiger partial charge in [-0.1, -0.05) is 44.2 Å². The first-order chi connectivity index (χ1) is 8.70. The third-order valence-corrected chi connectivity index (χ3v) is 4.12. The minimum Gasteiger partial charge on any atom is -0.393 e. The third-order valence-electron chi connectivity index (χ3n) is 2.82. The van der Waals surface area contributed by atoms with E-state index in [1.807, 2.05) is 32.0 Å². The van der Waals surface area contributed by atoms with Crippen LogP contribution in [0.15, 0.2) is 30.3 Å². The van der Waals surface area contributed by atoms with E-state index >= 15 is 0 Å². The maximum Gasteiger partial charge on any atom is 0.215 e. The normalized spacial score (nSPS) is 14.3. The van der Waals surface area contributed by atoms with Gasteiger partial charge in [0.1, 0.15) is 0 Å². The number of hydrogen-bond donors (Lipinski definition) is 2. The third kappa shape index (κ3) is 6.71. The number of hydrogen-bond acceptors (Lipinski definition) is 3. The highest BCUT2D eigenvalue weighted by molar-refractivity contribution is 7.88. The number of nitrogens with one attached hydrogen (secondary N) is 1. The molecule has 0 heterocycles. The Hall–Kier alpha value is -0.910. The van der Waals surface area contributed by atoms with E-state index in [-0.39, 0.29) is 11.2 Å². The molecule has 1 rings (SSSR count). The Labute approximate surface area is 115 Å². The van der Waals surface area contributed by atoms with Crippen LogP contribution in [0.2, 0.25) is 0 Å². The lowest BCUT2D eigenvalue weighted by atomic mass is 9.87. The van der Waals surface area contributed by atoms with Crippen LogP contribution in [0.4, 0.5) is 0 Å². The molecule has 0 radical (unpaired) electrons. The molecule has 19 heavy (non-hydrogen) atoms. The Balaban J connectivity index is 2.56. The minimum atomic E-state index is -3.34. The molecule has 4 nitrogen and oxygen atoms in total. The molecule has 0 aliphatic heterocycles. The topological polar surface area (TPSA) is 66.4 Å². The molecule has 1 atom stereocenters. The molecule has 0 spiro atoms. The van der Waals surface area contributed by atoms with Gasteiger partial charge < -0.3 is 5.11 Å². The fraction of sp³-hybridized carbons (Fsp3) is 0.571. The highest BCUT2D eigenvalue weighted by atomic mass is 32.2. The number of aliphatic hydroxyl groups is 1. The Morgan fingerprint density at radius 3 is 2.37 bits per heavy atom. The van der Waals surface area contributed by atoms with Gasteiger partial charge in [0.15, 0.2) is 0 Å². The Bertz CT molecular complexity index is 481. The van der Waals surface area contributed by atoms with E-state index in [4.69, 9.17) is 0 Å². The molecule has 0 aliphatic rings. The quantitative estimate of drug-likeness (QED) is 0.804. The zero-order valence-electron chi connectivity index (χ0n) is 11.8. The van der Waals surface area contributed by atoms with E-state index < -0.39 is 16.1 Å². The summed E-state index contributed by atoms with van der Waals surface area (Å²) in [4.78, 5) is 0. The van der Waals surface area contributed by atoms with Gasteiger partial charge in [-0.15, -0.1) is 0 Å². The first-order valence-corrected chi connectivity index (χ1v) is 8.05. The zero-order chi connectivity index (χ0) is 14.5. The van der Waals surface area contributed by atoms with Crippen LogP contribution in [-0.4, -0.2) is 26.2 Å². The molecule has 0 unspecified atom stereocenters. The second-order valence-corrected chi connectivity index (χ2v) is 7.59. The van der Waals surface area contributed by atoms with Gasteiger partial charge in [-0.2, -0.15) is 0 Å². The van der Waals surface area contributed by atoms with Crippen LogP contribution >= 0.6 is 0 Å². The van der Waals surface area contributed by atoms with Crippen LogP contribution in [0.5, 0.6) is 0 Å². The average Bonchev–Trinajstić information content (AvgIpc) is 2.26. The molecule has 0 fully saturated rings. The summed E-state index contributed by atoms with van der Waals surface area (Å²) in [5.74, 6) is -0.0153. The summed E-state index contributed by atoms with van der Waals surface area (Å²) in [7, 11) is -3.34. The van der Waals surface area contributed by atoms with Crippen LogP contribution in [-0.2, 0) is 15.8 Å². The molecule has 0 saturated heterocycles. The highest BCUT2D eigenvalue weighted by Crippen LogP contribution is 2.21. The van der Waals surface area contributed by atoms with Gasteiger partial charge in [-0.25, -0.2) is 13.1 Å². The van der Waals surface area contributed by atoms with Crippen LogP contribution in [0.1, 0.15) is 32.8 Å². The zero-order valence-corrected chi connectivity index (χ0v) is 12.6. The van der Waals surface area contributed by atoms with Gasteiger partial charge in [0, 0.05) is 6.54 Å². The van der Waals surface area contributed by atoms with Gasteiger partial charge in [-0.3, -0.25) is 0 Å². The summed E-state index contributed by atoms with van der Waals surface area (Å²) >= 11 is 0. The number of benzene rings is 1. The van der Waals surface area contributed by atoms with Crippen LogP contribution < -0.4 is 4.72 Å². The molecule has 1 aromatic carbocycles. The van der Waals surface area contributed by atoms with E-state index in [0.29, 0.717) is 13.0 Å². The van der Waals surface area contributed by atoms with Gasteiger partial charge >= 0.3 is 0 Å². The van der Waals surface area contributed by atoms with Crippen LogP contribution in [0.25, 0.3) is 0 Å². The lowest BCUT2D eigenvalue weighted by Crippen LogP contribution is -2.36. The van der Waals surface area contributed by atoms with Crippen LogP contribution in [0, 0.1) is 5.41 Å². The van der Waals surface area contributed by atoms with Crippen molar-refractivity contribution in [3.05, 3.63) is 35.9 Å². The van der Waals surface area contributed by atoms with E-state index in [1.54, 1.807) is 19.1 Å². The van der Waals surface area contributed by atoms with Crippen molar-refractivity contribution in [2.45, 2.75) is 39.0 Å². The summed E-state index contributed by atoms with van der Waals surface area (Å²) in [6.07, 6.45) is 0.120. The summed E-state index contributed by atoms with van der Waals surface area (Å²) in [6, 6.07) is 9.08. The van der Waals surface area contributed by atoms with Gasteiger partial charge in [-0.05, 0) is 24.3 Å². The molecule has 0 aliphatic carbocycles. The van der Waals surface area contributed by atoms with Crippen molar-refractivity contribution in [2.75, 3.05) is 6.54 Å². The molecule has 108 valence electrons.